The number of benzene rings is 1. The highest BCUT2D eigenvalue weighted by Crippen LogP contribution is 2.23. The normalized spacial score (nSPS) is 16.2. The van der Waals surface area contributed by atoms with Gasteiger partial charge in [-0.25, -0.2) is 0 Å². The molecular formula is C13H18BrClN2. The van der Waals surface area contributed by atoms with Crippen LogP contribution < -0.4 is 5.32 Å². The van der Waals surface area contributed by atoms with Crippen LogP contribution in [0, 0.1) is 0 Å². The molecule has 0 spiro atoms. The number of nitrogens with one attached hydrogen (secondary N) is 1. The van der Waals surface area contributed by atoms with Crippen LogP contribution in [-0.4, -0.2) is 30.6 Å². The van der Waals surface area contributed by atoms with E-state index < -0.39 is 0 Å². The molecule has 0 amide bonds. The van der Waals surface area contributed by atoms with E-state index in [1.165, 1.54) is 12.0 Å². The van der Waals surface area contributed by atoms with Crippen LogP contribution in [0.2, 0.25) is 5.02 Å². The lowest BCUT2D eigenvalue weighted by Crippen LogP contribution is -2.56. The van der Waals surface area contributed by atoms with Crippen LogP contribution in [-0.2, 0) is 6.54 Å². The molecule has 4 heteroatoms. The highest BCUT2D eigenvalue weighted by Gasteiger charge is 2.24. The highest BCUT2D eigenvalue weighted by molar-refractivity contribution is 9.10. The molecule has 0 unspecified atom stereocenters. The van der Waals surface area contributed by atoms with Gasteiger partial charge in [-0.1, -0.05) is 40.5 Å². The van der Waals surface area contributed by atoms with Gasteiger partial charge in [-0.2, -0.15) is 0 Å². The van der Waals surface area contributed by atoms with Crippen LogP contribution in [0.1, 0.15) is 18.9 Å². The van der Waals surface area contributed by atoms with Crippen molar-refractivity contribution in [2.45, 2.75) is 25.9 Å². The first kappa shape index (κ1) is 13.3. The Morgan fingerprint density at radius 2 is 2.24 bits per heavy atom. The van der Waals surface area contributed by atoms with Crippen molar-refractivity contribution in [3.63, 3.8) is 0 Å². The van der Waals surface area contributed by atoms with E-state index in [1.54, 1.807) is 0 Å². The Bertz CT molecular complexity index is 380. The largest absolute Gasteiger partial charge is 0.314 e. The summed E-state index contributed by atoms with van der Waals surface area (Å²) in [5, 5.41) is 4.18. The van der Waals surface area contributed by atoms with Gasteiger partial charge >= 0.3 is 0 Å². The molecule has 1 aliphatic heterocycles. The fourth-order valence-corrected chi connectivity index (χ4v) is 2.81. The highest BCUT2D eigenvalue weighted by atomic mass is 79.9. The fourth-order valence-electron chi connectivity index (χ4n) is 2.08. The molecule has 1 aromatic carbocycles. The van der Waals surface area contributed by atoms with Crippen LogP contribution in [0.4, 0.5) is 0 Å². The van der Waals surface area contributed by atoms with Gasteiger partial charge in [0, 0.05) is 35.2 Å². The summed E-state index contributed by atoms with van der Waals surface area (Å²) < 4.78 is 1.04. The van der Waals surface area contributed by atoms with Gasteiger partial charge < -0.3 is 5.32 Å². The minimum Gasteiger partial charge on any atom is -0.314 e. The van der Waals surface area contributed by atoms with Crippen molar-refractivity contribution in [1.29, 1.82) is 0 Å². The maximum absolute atomic E-state index is 6.27. The van der Waals surface area contributed by atoms with Crippen LogP contribution in [0.15, 0.2) is 22.7 Å². The van der Waals surface area contributed by atoms with E-state index in [1.807, 2.05) is 6.07 Å². The third kappa shape index (κ3) is 3.44. The molecule has 0 aromatic heterocycles. The monoisotopic (exact) mass is 316 g/mol. The summed E-state index contributed by atoms with van der Waals surface area (Å²) in [6, 6.07) is 6.82. The third-order valence-electron chi connectivity index (χ3n) is 3.18. The van der Waals surface area contributed by atoms with E-state index in [9.17, 15) is 0 Å². The standard InChI is InChI=1S/C13H18BrClN2/c1-2-5-17(12-7-16-8-12)9-10-3-4-11(14)6-13(10)15/h3-4,6,12,16H,2,5,7-9H2,1H3. The average molecular weight is 318 g/mol. The van der Waals surface area contributed by atoms with E-state index in [-0.39, 0.29) is 0 Å². The Morgan fingerprint density at radius 3 is 2.76 bits per heavy atom. The predicted octanol–water partition coefficient (Wildman–Crippen LogP) is 3.29. The minimum atomic E-state index is 0.676. The second kappa shape index (κ2) is 6.19. The number of rotatable bonds is 5. The van der Waals surface area contributed by atoms with E-state index in [0.717, 1.165) is 35.7 Å². The van der Waals surface area contributed by atoms with Gasteiger partial charge in [0.15, 0.2) is 0 Å². The molecule has 0 saturated carbocycles. The van der Waals surface area contributed by atoms with Crippen LogP contribution in [0.25, 0.3) is 0 Å². The van der Waals surface area contributed by atoms with Crippen molar-refractivity contribution in [2.75, 3.05) is 19.6 Å². The number of hydrogen-bond acceptors (Lipinski definition) is 2. The number of hydrogen-bond donors (Lipinski definition) is 1. The molecule has 1 heterocycles. The molecule has 2 nitrogen and oxygen atoms in total. The SMILES string of the molecule is CCCN(Cc1ccc(Br)cc1Cl)C1CNC1. The first-order chi connectivity index (χ1) is 8.20. The summed E-state index contributed by atoms with van der Waals surface area (Å²) >= 11 is 9.71. The molecule has 0 aliphatic carbocycles. The summed E-state index contributed by atoms with van der Waals surface area (Å²) in [4.78, 5) is 2.52. The molecule has 1 fully saturated rings. The molecular weight excluding hydrogens is 300 g/mol. The van der Waals surface area contributed by atoms with E-state index >= 15 is 0 Å². The molecule has 1 N–H and O–H groups in total. The smallest absolute Gasteiger partial charge is 0.0462 e. The van der Waals surface area contributed by atoms with Crippen LogP contribution in [0.5, 0.6) is 0 Å². The van der Waals surface area contributed by atoms with Crippen molar-refractivity contribution in [2.24, 2.45) is 0 Å². The zero-order valence-corrected chi connectivity index (χ0v) is 12.4. The second-order valence-electron chi connectivity index (χ2n) is 4.52. The lowest BCUT2D eigenvalue weighted by molar-refractivity contribution is 0.138. The van der Waals surface area contributed by atoms with Crippen LogP contribution >= 0.6 is 27.5 Å². The summed E-state index contributed by atoms with van der Waals surface area (Å²) in [5.74, 6) is 0. The molecule has 0 radical (unpaired) electrons. The van der Waals surface area contributed by atoms with Gasteiger partial charge in [-0.15, -0.1) is 0 Å². The van der Waals surface area contributed by atoms with Gasteiger partial charge in [-0.05, 0) is 30.7 Å². The Kier molecular flexibility index (Phi) is 4.86. The first-order valence-corrected chi connectivity index (χ1v) is 7.26. The van der Waals surface area contributed by atoms with Gasteiger partial charge in [0.2, 0.25) is 0 Å². The lowest BCUT2D eigenvalue weighted by Gasteiger charge is -2.38. The molecule has 0 bridgehead atoms. The van der Waals surface area contributed by atoms with E-state index in [0.29, 0.717) is 6.04 Å². The van der Waals surface area contributed by atoms with Crippen molar-refractivity contribution in [3.8, 4) is 0 Å². The van der Waals surface area contributed by atoms with Crippen molar-refractivity contribution in [3.05, 3.63) is 33.3 Å². The van der Waals surface area contributed by atoms with Crippen LogP contribution in [0.3, 0.4) is 0 Å². The Hall–Kier alpha value is -0.0900. The summed E-state index contributed by atoms with van der Waals surface area (Å²) in [7, 11) is 0. The molecule has 17 heavy (non-hydrogen) atoms. The van der Waals surface area contributed by atoms with Gasteiger partial charge in [-0.3, -0.25) is 4.90 Å². The zero-order valence-electron chi connectivity index (χ0n) is 10.0. The molecule has 1 saturated heterocycles. The summed E-state index contributed by atoms with van der Waals surface area (Å²) in [5.41, 5.74) is 1.22. The molecule has 1 aliphatic rings. The van der Waals surface area contributed by atoms with Crippen molar-refractivity contribution in [1.82, 2.24) is 10.2 Å². The summed E-state index contributed by atoms with van der Waals surface area (Å²) in [6.07, 6.45) is 1.19. The first-order valence-electron chi connectivity index (χ1n) is 6.09. The average Bonchev–Trinajstić information content (AvgIpc) is 2.20. The van der Waals surface area contributed by atoms with Gasteiger partial charge in [0.1, 0.15) is 0 Å². The summed E-state index contributed by atoms with van der Waals surface area (Å²) in [6.45, 7) is 6.52. The van der Waals surface area contributed by atoms with Gasteiger partial charge in [0.05, 0.1) is 0 Å². The minimum absolute atomic E-state index is 0.676. The zero-order chi connectivity index (χ0) is 12.3. The molecule has 2 rings (SSSR count). The Balaban J connectivity index is 2.05. The second-order valence-corrected chi connectivity index (χ2v) is 5.84. The molecule has 94 valence electrons. The molecule has 1 aromatic rings. The molecule has 0 atom stereocenters. The quantitative estimate of drug-likeness (QED) is 0.896. The Labute approximate surface area is 116 Å². The van der Waals surface area contributed by atoms with Gasteiger partial charge in [0.25, 0.3) is 0 Å². The number of nitrogens with zero attached hydrogens (tertiary/aromatic N) is 1. The predicted molar refractivity (Wildman–Crippen MR) is 76.5 cm³/mol. The third-order valence-corrected chi connectivity index (χ3v) is 4.02. The topological polar surface area (TPSA) is 15.3 Å². The maximum Gasteiger partial charge on any atom is 0.0462 e. The van der Waals surface area contributed by atoms with Crippen molar-refractivity contribution < 1.29 is 0 Å². The Morgan fingerprint density at radius 1 is 1.47 bits per heavy atom. The number of halogens is 2. The lowest BCUT2D eigenvalue weighted by atomic mass is 10.1. The maximum atomic E-state index is 6.27. The fraction of sp³-hybridized carbons (Fsp3) is 0.538. The van der Waals surface area contributed by atoms with Crippen molar-refractivity contribution >= 4 is 27.5 Å². The van der Waals surface area contributed by atoms with E-state index in [4.69, 9.17) is 11.6 Å². The van der Waals surface area contributed by atoms with E-state index in [2.05, 4.69) is 45.2 Å².